The number of rotatable bonds is 7. The van der Waals surface area contributed by atoms with Crippen LogP contribution in [0.2, 0.25) is 0 Å². The van der Waals surface area contributed by atoms with Gasteiger partial charge in [0.25, 0.3) is 0 Å². The van der Waals surface area contributed by atoms with Crippen molar-refractivity contribution < 1.29 is 9.59 Å². The summed E-state index contributed by atoms with van der Waals surface area (Å²) in [5, 5.41) is 5.66. The number of anilines is 1. The summed E-state index contributed by atoms with van der Waals surface area (Å²) in [5.41, 5.74) is 7.37. The first-order valence-electron chi connectivity index (χ1n) is 7.14. The molecule has 0 radical (unpaired) electrons. The summed E-state index contributed by atoms with van der Waals surface area (Å²) in [6, 6.07) is 6.88. The van der Waals surface area contributed by atoms with E-state index in [9.17, 15) is 9.59 Å². The molecule has 1 atom stereocenters. The standard InChI is InChI=1S/C16H21N3O2/c1-2-4-14(17)16(21)18-10-11-5-3-6-13(9-11)19-15(20)12-7-8-12/h2-3,5-6,9,12,14H,1,4,7-8,10,17H2,(H,18,21)(H,19,20). The fourth-order valence-electron chi connectivity index (χ4n) is 1.96. The lowest BCUT2D eigenvalue weighted by molar-refractivity contribution is -0.122. The summed E-state index contributed by atoms with van der Waals surface area (Å²) in [6.07, 6.45) is 4.02. The fourth-order valence-corrected chi connectivity index (χ4v) is 1.96. The lowest BCUT2D eigenvalue weighted by Gasteiger charge is -2.11. The second-order valence-electron chi connectivity index (χ2n) is 5.31. The molecule has 5 nitrogen and oxygen atoms in total. The molecule has 1 fully saturated rings. The van der Waals surface area contributed by atoms with Gasteiger partial charge in [-0.1, -0.05) is 18.2 Å². The highest BCUT2D eigenvalue weighted by molar-refractivity contribution is 5.94. The Morgan fingerprint density at radius 1 is 1.43 bits per heavy atom. The molecule has 1 aliphatic rings. The van der Waals surface area contributed by atoms with Crippen LogP contribution < -0.4 is 16.4 Å². The molecule has 112 valence electrons. The van der Waals surface area contributed by atoms with E-state index in [4.69, 9.17) is 5.73 Å². The Morgan fingerprint density at radius 2 is 2.19 bits per heavy atom. The molecule has 1 aromatic rings. The van der Waals surface area contributed by atoms with Gasteiger partial charge in [0.2, 0.25) is 11.8 Å². The van der Waals surface area contributed by atoms with Crippen molar-refractivity contribution in [2.75, 3.05) is 5.32 Å². The van der Waals surface area contributed by atoms with E-state index in [1.807, 2.05) is 24.3 Å². The van der Waals surface area contributed by atoms with E-state index in [-0.39, 0.29) is 17.7 Å². The van der Waals surface area contributed by atoms with Crippen LogP contribution in [-0.4, -0.2) is 17.9 Å². The van der Waals surface area contributed by atoms with Crippen molar-refractivity contribution in [1.29, 1.82) is 0 Å². The lowest BCUT2D eigenvalue weighted by atomic mass is 10.1. The van der Waals surface area contributed by atoms with Gasteiger partial charge in [-0.25, -0.2) is 0 Å². The number of amides is 2. The highest BCUT2D eigenvalue weighted by atomic mass is 16.2. The molecule has 0 saturated heterocycles. The van der Waals surface area contributed by atoms with Crippen LogP contribution in [0.1, 0.15) is 24.8 Å². The van der Waals surface area contributed by atoms with Crippen LogP contribution in [0, 0.1) is 5.92 Å². The molecule has 0 spiro atoms. The van der Waals surface area contributed by atoms with E-state index in [0.29, 0.717) is 13.0 Å². The van der Waals surface area contributed by atoms with Crippen molar-refractivity contribution in [3.8, 4) is 0 Å². The van der Waals surface area contributed by atoms with E-state index < -0.39 is 6.04 Å². The zero-order valence-corrected chi connectivity index (χ0v) is 12.0. The van der Waals surface area contributed by atoms with Gasteiger partial charge in [0.1, 0.15) is 0 Å². The topological polar surface area (TPSA) is 84.2 Å². The van der Waals surface area contributed by atoms with Crippen molar-refractivity contribution in [3.63, 3.8) is 0 Å². The Kier molecular flexibility index (Phi) is 5.11. The molecule has 1 unspecified atom stereocenters. The van der Waals surface area contributed by atoms with Gasteiger partial charge in [0.05, 0.1) is 6.04 Å². The summed E-state index contributed by atoms with van der Waals surface area (Å²) in [5.74, 6) is 0.0387. The third-order valence-electron chi connectivity index (χ3n) is 3.37. The first-order valence-corrected chi connectivity index (χ1v) is 7.14. The minimum atomic E-state index is -0.569. The van der Waals surface area contributed by atoms with Crippen LogP contribution >= 0.6 is 0 Å². The maximum absolute atomic E-state index is 11.7. The SMILES string of the molecule is C=CCC(N)C(=O)NCc1cccc(NC(=O)C2CC2)c1. The van der Waals surface area contributed by atoms with Crippen molar-refractivity contribution in [3.05, 3.63) is 42.5 Å². The third-order valence-corrected chi connectivity index (χ3v) is 3.37. The number of benzene rings is 1. The number of carbonyl (C=O) groups excluding carboxylic acids is 2. The Hall–Kier alpha value is -2.14. The molecular formula is C16H21N3O2. The Morgan fingerprint density at radius 3 is 2.86 bits per heavy atom. The summed E-state index contributed by atoms with van der Waals surface area (Å²) in [4.78, 5) is 23.4. The largest absolute Gasteiger partial charge is 0.351 e. The molecule has 2 amide bonds. The van der Waals surface area contributed by atoms with Crippen molar-refractivity contribution >= 4 is 17.5 Å². The number of nitrogens with one attached hydrogen (secondary N) is 2. The maximum Gasteiger partial charge on any atom is 0.237 e. The highest BCUT2D eigenvalue weighted by Gasteiger charge is 2.29. The second-order valence-corrected chi connectivity index (χ2v) is 5.31. The third kappa shape index (κ3) is 4.72. The summed E-state index contributed by atoms with van der Waals surface area (Å²) < 4.78 is 0. The predicted molar refractivity (Wildman–Crippen MR) is 82.4 cm³/mol. The Balaban J connectivity index is 1.87. The van der Waals surface area contributed by atoms with Crippen LogP contribution in [0.5, 0.6) is 0 Å². The lowest BCUT2D eigenvalue weighted by Crippen LogP contribution is -2.39. The molecule has 0 aliphatic heterocycles. The van der Waals surface area contributed by atoms with Crippen LogP contribution in [-0.2, 0) is 16.1 Å². The molecule has 1 aromatic carbocycles. The highest BCUT2D eigenvalue weighted by Crippen LogP contribution is 2.30. The van der Waals surface area contributed by atoms with Gasteiger partial charge in [0.15, 0.2) is 0 Å². The zero-order valence-electron chi connectivity index (χ0n) is 12.0. The second kappa shape index (κ2) is 7.04. The van der Waals surface area contributed by atoms with Gasteiger partial charge in [-0.15, -0.1) is 6.58 Å². The van der Waals surface area contributed by atoms with E-state index in [2.05, 4.69) is 17.2 Å². The Labute approximate surface area is 124 Å². The number of carbonyl (C=O) groups is 2. The molecule has 2 rings (SSSR count). The minimum absolute atomic E-state index is 0.0733. The molecule has 5 heteroatoms. The quantitative estimate of drug-likeness (QED) is 0.665. The summed E-state index contributed by atoms with van der Waals surface area (Å²) in [7, 11) is 0. The smallest absolute Gasteiger partial charge is 0.237 e. The first-order chi connectivity index (χ1) is 10.1. The number of nitrogens with two attached hydrogens (primary N) is 1. The van der Waals surface area contributed by atoms with E-state index in [1.165, 1.54) is 0 Å². The van der Waals surface area contributed by atoms with Crippen molar-refractivity contribution in [1.82, 2.24) is 5.32 Å². The van der Waals surface area contributed by atoms with Crippen LogP contribution in [0.4, 0.5) is 5.69 Å². The van der Waals surface area contributed by atoms with E-state index in [1.54, 1.807) is 6.08 Å². The summed E-state index contributed by atoms with van der Waals surface area (Å²) in [6.45, 7) is 3.95. The molecule has 1 aliphatic carbocycles. The van der Waals surface area contributed by atoms with Gasteiger partial charge in [-0.2, -0.15) is 0 Å². The van der Waals surface area contributed by atoms with Crippen LogP contribution in [0.25, 0.3) is 0 Å². The zero-order chi connectivity index (χ0) is 15.2. The molecule has 0 heterocycles. The van der Waals surface area contributed by atoms with Crippen molar-refractivity contribution in [2.45, 2.75) is 31.8 Å². The van der Waals surface area contributed by atoms with Gasteiger partial charge in [-0.3, -0.25) is 9.59 Å². The van der Waals surface area contributed by atoms with Crippen LogP contribution in [0.3, 0.4) is 0 Å². The molecule has 0 aromatic heterocycles. The van der Waals surface area contributed by atoms with E-state index >= 15 is 0 Å². The fraction of sp³-hybridized carbons (Fsp3) is 0.375. The normalized spacial score (nSPS) is 15.1. The van der Waals surface area contributed by atoms with Gasteiger partial charge in [0, 0.05) is 18.2 Å². The molecular weight excluding hydrogens is 266 g/mol. The number of hydrogen-bond acceptors (Lipinski definition) is 3. The molecule has 4 N–H and O–H groups in total. The van der Waals surface area contributed by atoms with Crippen LogP contribution in [0.15, 0.2) is 36.9 Å². The van der Waals surface area contributed by atoms with Gasteiger partial charge in [-0.05, 0) is 37.0 Å². The monoisotopic (exact) mass is 287 g/mol. The molecule has 1 saturated carbocycles. The Bertz CT molecular complexity index is 538. The average Bonchev–Trinajstić information content (AvgIpc) is 3.30. The average molecular weight is 287 g/mol. The minimum Gasteiger partial charge on any atom is -0.351 e. The van der Waals surface area contributed by atoms with E-state index in [0.717, 1.165) is 24.1 Å². The predicted octanol–water partition coefficient (Wildman–Crippen LogP) is 1.55. The summed E-state index contributed by atoms with van der Waals surface area (Å²) >= 11 is 0. The first kappa shape index (κ1) is 15.3. The molecule has 21 heavy (non-hydrogen) atoms. The number of hydrogen-bond donors (Lipinski definition) is 3. The molecule has 0 bridgehead atoms. The van der Waals surface area contributed by atoms with Gasteiger partial charge < -0.3 is 16.4 Å². The van der Waals surface area contributed by atoms with Crippen molar-refractivity contribution in [2.24, 2.45) is 11.7 Å². The van der Waals surface area contributed by atoms with Gasteiger partial charge >= 0.3 is 0 Å². The maximum atomic E-state index is 11.7.